The van der Waals surface area contributed by atoms with Gasteiger partial charge in [0.2, 0.25) is 0 Å². The van der Waals surface area contributed by atoms with Crippen LogP contribution < -0.4 is 10.6 Å². The van der Waals surface area contributed by atoms with Crippen molar-refractivity contribution < 1.29 is 10.1 Å². The standard InChI is InChI=1S/C19H20BrN3O/c1-3-18(15-7-9-16(20)10-8-15)22-13(2)19(24)23-17-6-4-5-14(11-17)12-21/h4-11,13,18,22H,3H2,1-2H3,(H,23,24)/p+1/t13-,18-/m1/s1. The number of nitriles is 1. The van der Waals surface area contributed by atoms with E-state index in [1.165, 1.54) is 5.56 Å². The average molecular weight is 387 g/mol. The van der Waals surface area contributed by atoms with Crippen molar-refractivity contribution in [1.82, 2.24) is 0 Å². The van der Waals surface area contributed by atoms with E-state index in [1.54, 1.807) is 24.3 Å². The van der Waals surface area contributed by atoms with Crippen LogP contribution in [0.2, 0.25) is 0 Å². The predicted octanol–water partition coefficient (Wildman–Crippen LogP) is 3.36. The molecule has 2 rings (SSSR count). The number of hydrogen-bond donors (Lipinski definition) is 2. The predicted molar refractivity (Wildman–Crippen MR) is 98.3 cm³/mol. The van der Waals surface area contributed by atoms with Gasteiger partial charge in [0, 0.05) is 22.1 Å². The van der Waals surface area contributed by atoms with Gasteiger partial charge in [-0.05, 0) is 37.3 Å². The maximum absolute atomic E-state index is 12.4. The number of amides is 1. The van der Waals surface area contributed by atoms with Crippen molar-refractivity contribution in [1.29, 1.82) is 5.26 Å². The molecule has 3 N–H and O–H groups in total. The zero-order chi connectivity index (χ0) is 17.5. The lowest BCUT2D eigenvalue weighted by Crippen LogP contribution is -2.92. The highest BCUT2D eigenvalue weighted by molar-refractivity contribution is 9.10. The summed E-state index contributed by atoms with van der Waals surface area (Å²) in [7, 11) is 0. The second-order valence-corrected chi connectivity index (χ2v) is 6.64. The zero-order valence-electron chi connectivity index (χ0n) is 13.8. The smallest absolute Gasteiger partial charge is 0.282 e. The number of quaternary nitrogens is 1. The Balaban J connectivity index is 2.01. The quantitative estimate of drug-likeness (QED) is 0.798. The summed E-state index contributed by atoms with van der Waals surface area (Å²) >= 11 is 3.44. The van der Waals surface area contributed by atoms with Gasteiger partial charge in [-0.25, -0.2) is 0 Å². The molecule has 124 valence electrons. The van der Waals surface area contributed by atoms with E-state index in [9.17, 15) is 4.79 Å². The molecule has 0 heterocycles. The van der Waals surface area contributed by atoms with Gasteiger partial charge < -0.3 is 10.6 Å². The van der Waals surface area contributed by atoms with Gasteiger partial charge in [-0.3, -0.25) is 4.79 Å². The highest BCUT2D eigenvalue weighted by Gasteiger charge is 2.22. The Hall–Kier alpha value is -2.16. The number of nitrogens with one attached hydrogen (secondary N) is 1. The van der Waals surface area contributed by atoms with Crippen LogP contribution in [0.15, 0.2) is 53.0 Å². The van der Waals surface area contributed by atoms with Crippen molar-refractivity contribution in [2.75, 3.05) is 5.32 Å². The number of nitrogens with zero attached hydrogens (tertiary/aromatic N) is 1. The number of benzene rings is 2. The summed E-state index contributed by atoms with van der Waals surface area (Å²) in [6.07, 6.45) is 0.934. The van der Waals surface area contributed by atoms with Crippen LogP contribution in [-0.2, 0) is 4.79 Å². The molecule has 0 aromatic heterocycles. The SMILES string of the molecule is CC[C@@H]([NH2+][C@H](C)C(=O)Nc1cccc(C#N)c1)c1ccc(Br)cc1. The molecule has 2 aromatic carbocycles. The van der Waals surface area contributed by atoms with Gasteiger partial charge in [0.15, 0.2) is 6.04 Å². The van der Waals surface area contributed by atoms with Gasteiger partial charge in [0.25, 0.3) is 5.91 Å². The maximum atomic E-state index is 12.4. The van der Waals surface area contributed by atoms with Gasteiger partial charge in [-0.2, -0.15) is 5.26 Å². The van der Waals surface area contributed by atoms with Crippen LogP contribution in [0.25, 0.3) is 0 Å². The molecule has 0 bridgehead atoms. The summed E-state index contributed by atoms with van der Waals surface area (Å²) in [4.78, 5) is 12.4. The Labute approximate surface area is 151 Å². The number of halogens is 1. The van der Waals surface area contributed by atoms with Crippen molar-refractivity contribution in [3.63, 3.8) is 0 Å². The van der Waals surface area contributed by atoms with Gasteiger partial charge in [-0.15, -0.1) is 0 Å². The molecule has 4 nitrogen and oxygen atoms in total. The monoisotopic (exact) mass is 386 g/mol. The molecule has 0 aliphatic heterocycles. The summed E-state index contributed by atoms with van der Waals surface area (Å²) in [5.41, 5.74) is 2.38. The lowest BCUT2D eigenvalue weighted by atomic mass is 10.0. The van der Waals surface area contributed by atoms with Gasteiger partial charge in [0.1, 0.15) is 6.04 Å². The van der Waals surface area contributed by atoms with Crippen molar-refractivity contribution in [3.05, 3.63) is 64.1 Å². The summed E-state index contributed by atoms with van der Waals surface area (Å²) in [6, 6.07) is 17.2. The van der Waals surface area contributed by atoms with E-state index in [4.69, 9.17) is 5.26 Å². The fourth-order valence-corrected chi connectivity index (χ4v) is 2.82. The Bertz CT molecular complexity index is 737. The maximum Gasteiger partial charge on any atom is 0.282 e. The number of rotatable bonds is 6. The molecule has 0 unspecified atom stereocenters. The van der Waals surface area contributed by atoms with E-state index in [0.717, 1.165) is 10.9 Å². The minimum Gasteiger partial charge on any atom is -0.330 e. The topological polar surface area (TPSA) is 69.5 Å². The summed E-state index contributed by atoms with van der Waals surface area (Å²) < 4.78 is 1.05. The van der Waals surface area contributed by atoms with Crippen LogP contribution in [0.4, 0.5) is 5.69 Å². The first-order valence-electron chi connectivity index (χ1n) is 7.95. The molecule has 0 saturated carbocycles. The van der Waals surface area contributed by atoms with E-state index in [-0.39, 0.29) is 18.0 Å². The lowest BCUT2D eigenvalue weighted by molar-refractivity contribution is -0.713. The fraction of sp³-hybridized carbons (Fsp3) is 0.263. The first kappa shape index (κ1) is 18.2. The molecular weight excluding hydrogens is 366 g/mol. The van der Waals surface area contributed by atoms with E-state index in [1.807, 2.05) is 19.1 Å². The van der Waals surface area contributed by atoms with Crippen molar-refractivity contribution in [2.24, 2.45) is 0 Å². The van der Waals surface area contributed by atoms with E-state index >= 15 is 0 Å². The Kier molecular flexibility index (Phi) is 6.53. The molecule has 1 amide bonds. The van der Waals surface area contributed by atoms with Gasteiger partial charge >= 0.3 is 0 Å². The number of anilines is 1. The van der Waals surface area contributed by atoms with E-state index in [0.29, 0.717) is 11.3 Å². The Morgan fingerprint density at radius 1 is 1.29 bits per heavy atom. The fourth-order valence-electron chi connectivity index (χ4n) is 2.55. The molecule has 0 spiro atoms. The summed E-state index contributed by atoms with van der Waals surface area (Å²) in [5, 5.41) is 13.9. The minimum atomic E-state index is -0.232. The molecule has 2 atom stereocenters. The molecule has 24 heavy (non-hydrogen) atoms. The van der Waals surface area contributed by atoms with Crippen molar-refractivity contribution in [3.8, 4) is 6.07 Å². The molecule has 0 aliphatic rings. The second kappa shape index (κ2) is 8.62. The van der Waals surface area contributed by atoms with Crippen molar-refractivity contribution in [2.45, 2.75) is 32.4 Å². The third kappa shape index (κ3) is 4.92. The normalized spacial score (nSPS) is 12.9. The minimum absolute atomic E-state index is 0.0688. The first-order valence-corrected chi connectivity index (χ1v) is 8.74. The van der Waals surface area contributed by atoms with Crippen LogP contribution in [0.3, 0.4) is 0 Å². The van der Waals surface area contributed by atoms with Crippen LogP contribution in [-0.4, -0.2) is 11.9 Å². The molecule has 0 saturated heterocycles. The highest BCUT2D eigenvalue weighted by Crippen LogP contribution is 2.17. The largest absolute Gasteiger partial charge is 0.330 e. The summed E-state index contributed by atoms with van der Waals surface area (Å²) in [6.45, 7) is 4.01. The highest BCUT2D eigenvalue weighted by atomic mass is 79.9. The Morgan fingerprint density at radius 2 is 2.00 bits per heavy atom. The number of hydrogen-bond acceptors (Lipinski definition) is 2. The summed E-state index contributed by atoms with van der Waals surface area (Å²) in [5.74, 6) is -0.0688. The van der Waals surface area contributed by atoms with Crippen LogP contribution in [0.1, 0.15) is 37.4 Å². The number of carbonyl (C=O) groups is 1. The molecule has 0 radical (unpaired) electrons. The van der Waals surface area contributed by atoms with Gasteiger partial charge in [-0.1, -0.05) is 41.1 Å². The van der Waals surface area contributed by atoms with Crippen LogP contribution >= 0.6 is 15.9 Å². The lowest BCUT2D eigenvalue weighted by Gasteiger charge is -2.19. The van der Waals surface area contributed by atoms with E-state index in [2.05, 4.69) is 51.7 Å². The average Bonchev–Trinajstić information content (AvgIpc) is 2.60. The zero-order valence-corrected chi connectivity index (χ0v) is 15.4. The van der Waals surface area contributed by atoms with Crippen LogP contribution in [0, 0.1) is 11.3 Å². The Morgan fingerprint density at radius 3 is 2.62 bits per heavy atom. The number of carbonyl (C=O) groups excluding carboxylic acids is 1. The first-order chi connectivity index (χ1) is 11.5. The number of nitrogens with two attached hydrogens (primary N) is 1. The molecular formula is C19H21BrN3O+. The molecule has 5 heteroatoms. The molecule has 2 aromatic rings. The van der Waals surface area contributed by atoms with Crippen molar-refractivity contribution >= 4 is 27.5 Å². The van der Waals surface area contributed by atoms with Crippen LogP contribution in [0.5, 0.6) is 0 Å². The third-order valence-corrected chi connectivity index (χ3v) is 4.46. The molecule has 0 aliphatic carbocycles. The van der Waals surface area contributed by atoms with Gasteiger partial charge in [0.05, 0.1) is 11.6 Å². The third-order valence-electron chi connectivity index (χ3n) is 3.93. The second-order valence-electron chi connectivity index (χ2n) is 5.73. The van der Waals surface area contributed by atoms with E-state index < -0.39 is 0 Å². The molecule has 0 fully saturated rings.